The average Bonchev–Trinajstić information content (AvgIpc) is 3.56. The molecule has 1 spiro atoms. The number of benzene rings is 2. The van der Waals surface area contributed by atoms with Crippen molar-refractivity contribution in [2.24, 2.45) is 11.8 Å². The molecule has 0 saturated carbocycles. The molecule has 7 nitrogen and oxygen atoms in total. The second-order valence-corrected chi connectivity index (χ2v) is 13.8. The number of carbonyl (C=O) groups excluding carboxylic acids is 3. The fraction of sp³-hybridized carbons (Fsp3) is 0.424. The van der Waals surface area contributed by atoms with Crippen LogP contribution in [0.25, 0.3) is 0 Å². The molecule has 3 aliphatic rings. The zero-order valence-electron chi connectivity index (χ0n) is 24.0. The van der Waals surface area contributed by atoms with Crippen molar-refractivity contribution in [3.05, 3.63) is 84.9 Å². The van der Waals surface area contributed by atoms with Gasteiger partial charge in [-0.05, 0) is 69.0 Å². The van der Waals surface area contributed by atoms with Gasteiger partial charge in [0.05, 0.1) is 16.6 Å². The van der Waals surface area contributed by atoms with Crippen molar-refractivity contribution in [1.29, 1.82) is 0 Å². The van der Waals surface area contributed by atoms with E-state index in [0.717, 1.165) is 12.1 Å². The van der Waals surface area contributed by atoms with Crippen LogP contribution in [0.5, 0.6) is 0 Å². The third-order valence-electron chi connectivity index (χ3n) is 8.95. The van der Waals surface area contributed by atoms with E-state index in [2.05, 4.69) is 20.1 Å². The fourth-order valence-electron chi connectivity index (χ4n) is 7.16. The van der Waals surface area contributed by atoms with Gasteiger partial charge in [-0.25, -0.2) is 0 Å². The molecule has 3 heterocycles. The second-order valence-electron chi connectivity index (χ2n) is 11.5. The van der Waals surface area contributed by atoms with Gasteiger partial charge in [0.15, 0.2) is 0 Å². The zero-order chi connectivity index (χ0) is 30.1. The van der Waals surface area contributed by atoms with Gasteiger partial charge in [-0.2, -0.15) is 0 Å². The number of para-hydroxylation sites is 1. The van der Waals surface area contributed by atoms with E-state index in [-0.39, 0.29) is 30.9 Å². The van der Waals surface area contributed by atoms with E-state index >= 15 is 0 Å². The van der Waals surface area contributed by atoms with Gasteiger partial charge < -0.3 is 19.8 Å². The van der Waals surface area contributed by atoms with E-state index in [9.17, 15) is 19.5 Å². The highest BCUT2D eigenvalue weighted by Gasteiger charge is 2.77. The number of hydrogen-bond donors (Lipinski definition) is 1. The van der Waals surface area contributed by atoms with Gasteiger partial charge in [0.2, 0.25) is 11.8 Å². The van der Waals surface area contributed by atoms with Gasteiger partial charge in [0.25, 0.3) is 5.91 Å². The number of unbranched alkanes of at least 4 members (excludes halogenated alkanes) is 1. The molecule has 222 valence electrons. The lowest BCUT2D eigenvalue weighted by Gasteiger charge is -2.38. The Morgan fingerprint density at radius 2 is 1.62 bits per heavy atom. The van der Waals surface area contributed by atoms with Crippen molar-refractivity contribution in [3.8, 4) is 0 Å². The quantitative estimate of drug-likeness (QED) is 0.261. The van der Waals surface area contributed by atoms with Crippen molar-refractivity contribution in [2.75, 3.05) is 36.0 Å². The first-order valence-electron chi connectivity index (χ1n) is 14.5. The van der Waals surface area contributed by atoms with Crippen LogP contribution in [0.4, 0.5) is 11.4 Å². The summed E-state index contributed by atoms with van der Waals surface area (Å²) < 4.78 is -1.24. The summed E-state index contributed by atoms with van der Waals surface area (Å²) in [6, 6.07) is 15.8. The molecule has 2 unspecified atom stereocenters. The molecule has 2 aromatic carbocycles. The highest BCUT2D eigenvalue weighted by Crippen LogP contribution is 2.71. The van der Waals surface area contributed by atoms with Gasteiger partial charge in [0.1, 0.15) is 6.04 Å². The monoisotopic (exact) mass is 607 g/mol. The Morgan fingerprint density at radius 1 is 1.00 bits per heavy atom. The van der Waals surface area contributed by atoms with Crippen LogP contribution in [0.3, 0.4) is 0 Å². The molecule has 5 rings (SSSR count). The fourth-order valence-corrected chi connectivity index (χ4v) is 9.63. The van der Waals surface area contributed by atoms with Crippen LogP contribution in [0, 0.1) is 11.8 Å². The van der Waals surface area contributed by atoms with Crippen LogP contribution in [0.2, 0.25) is 5.02 Å². The smallest absolute Gasteiger partial charge is 0.251 e. The minimum atomic E-state index is -0.751. The highest BCUT2D eigenvalue weighted by molar-refractivity contribution is 8.02. The molecule has 3 saturated heterocycles. The number of aliphatic hydroxyl groups excluding tert-OH is 1. The van der Waals surface area contributed by atoms with E-state index in [4.69, 9.17) is 11.6 Å². The Kier molecular flexibility index (Phi) is 8.88. The number of amides is 3. The molecule has 0 aromatic heterocycles. The minimum Gasteiger partial charge on any atom is -0.396 e. The molecule has 9 heteroatoms. The molecular weight excluding hydrogens is 570 g/mol. The number of carbonyl (C=O) groups is 3. The Labute approximate surface area is 257 Å². The van der Waals surface area contributed by atoms with Crippen LogP contribution in [-0.4, -0.2) is 69.5 Å². The standard InChI is InChI=1S/C33H38ClN3O4S/c1-4-19-35(24-11-7-6-8-12-24)29(39)26-27-30(40)37(21-9-10-22-38)28(33(27)18-17-32(26,3)42-33)31(41)36(20-5-2)25-15-13-23(34)14-16-25/h4-8,11-16,26-28,38H,1-2,9-10,17-22H2,3H3/t26-,27-,28?,32+,33?/m0/s1. The van der Waals surface area contributed by atoms with Crippen LogP contribution in [0.15, 0.2) is 79.9 Å². The maximum absolute atomic E-state index is 14.7. The first kappa shape index (κ1) is 30.4. The van der Waals surface area contributed by atoms with E-state index in [1.807, 2.05) is 30.3 Å². The first-order chi connectivity index (χ1) is 20.2. The molecule has 0 aliphatic carbocycles. The van der Waals surface area contributed by atoms with Crippen molar-refractivity contribution in [3.63, 3.8) is 0 Å². The third-order valence-corrected chi connectivity index (χ3v) is 11.2. The molecule has 2 aromatic rings. The molecular formula is C33H38ClN3O4S. The number of hydrogen-bond acceptors (Lipinski definition) is 5. The van der Waals surface area contributed by atoms with Crippen molar-refractivity contribution in [1.82, 2.24) is 4.90 Å². The lowest BCUT2D eigenvalue weighted by atomic mass is 9.66. The topological polar surface area (TPSA) is 81.2 Å². The lowest BCUT2D eigenvalue weighted by Crippen LogP contribution is -2.55. The summed E-state index contributed by atoms with van der Waals surface area (Å²) in [5, 5.41) is 10.0. The van der Waals surface area contributed by atoms with Gasteiger partial charge >= 0.3 is 0 Å². The van der Waals surface area contributed by atoms with E-state index in [0.29, 0.717) is 43.1 Å². The van der Waals surface area contributed by atoms with Crippen LogP contribution in [0.1, 0.15) is 32.6 Å². The van der Waals surface area contributed by atoms with Crippen molar-refractivity contribution >= 4 is 52.5 Å². The average molecular weight is 608 g/mol. The van der Waals surface area contributed by atoms with Gasteiger partial charge in [0, 0.05) is 47.4 Å². The van der Waals surface area contributed by atoms with E-state index in [1.54, 1.807) is 62.9 Å². The van der Waals surface area contributed by atoms with Gasteiger partial charge in [-0.1, -0.05) is 42.0 Å². The van der Waals surface area contributed by atoms with Gasteiger partial charge in [-0.15, -0.1) is 24.9 Å². The van der Waals surface area contributed by atoms with Crippen LogP contribution >= 0.6 is 23.4 Å². The predicted octanol–water partition coefficient (Wildman–Crippen LogP) is 5.33. The highest BCUT2D eigenvalue weighted by atomic mass is 35.5. The third kappa shape index (κ3) is 5.07. The summed E-state index contributed by atoms with van der Waals surface area (Å²) >= 11 is 7.80. The number of aliphatic hydroxyl groups is 1. The molecule has 42 heavy (non-hydrogen) atoms. The van der Waals surface area contributed by atoms with Crippen molar-refractivity contribution in [2.45, 2.75) is 48.1 Å². The summed E-state index contributed by atoms with van der Waals surface area (Å²) in [4.78, 5) is 48.7. The van der Waals surface area contributed by atoms with Crippen LogP contribution in [-0.2, 0) is 14.4 Å². The lowest BCUT2D eigenvalue weighted by molar-refractivity contribution is -0.139. The molecule has 3 fully saturated rings. The van der Waals surface area contributed by atoms with Crippen molar-refractivity contribution < 1.29 is 19.5 Å². The Bertz CT molecular complexity index is 1350. The second kappa shape index (κ2) is 12.3. The predicted molar refractivity (Wildman–Crippen MR) is 170 cm³/mol. The van der Waals surface area contributed by atoms with E-state index < -0.39 is 27.4 Å². The number of nitrogens with zero attached hydrogens (tertiary/aromatic N) is 3. The summed E-state index contributed by atoms with van der Waals surface area (Å²) in [5.41, 5.74) is 1.43. The first-order valence-corrected chi connectivity index (χ1v) is 15.7. The number of thioether (sulfide) groups is 1. The summed E-state index contributed by atoms with van der Waals surface area (Å²) in [7, 11) is 0. The number of fused-ring (bicyclic) bond motifs is 1. The molecule has 3 aliphatic heterocycles. The largest absolute Gasteiger partial charge is 0.396 e. The maximum atomic E-state index is 14.7. The zero-order valence-corrected chi connectivity index (χ0v) is 25.5. The summed E-state index contributed by atoms with van der Waals surface area (Å²) in [5.74, 6) is -1.68. The molecule has 0 radical (unpaired) electrons. The molecule has 2 bridgehead atoms. The number of halogens is 1. The molecule has 1 N–H and O–H groups in total. The SMILES string of the molecule is C=CCN(C(=O)C1N(CCCCO)C(=O)[C@@H]2[C@@H](C(=O)N(CC=C)c3ccccc3)[C@@]3(C)CCC12S3)c1ccc(Cl)cc1. The van der Waals surface area contributed by atoms with Crippen LogP contribution < -0.4 is 9.80 Å². The number of likely N-dealkylation sites (tertiary alicyclic amines) is 1. The van der Waals surface area contributed by atoms with Gasteiger partial charge in [-0.3, -0.25) is 14.4 Å². The molecule has 5 atom stereocenters. The number of anilines is 2. The Hall–Kier alpha value is -3.07. The summed E-state index contributed by atoms with van der Waals surface area (Å²) in [6.45, 7) is 10.8. The number of rotatable bonds is 12. The Balaban J connectivity index is 1.58. The summed E-state index contributed by atoms with van der Waals surface area (Å²) in [6.07, 6.45) is 5.84. The maximum Gasteiger partial charge on any atom is 0.251 e. The molecule has 3 amide bonds. The minimum absolute atomic E-state index is 0.00407. The normalized spacial score (nSPS) is 27.5. The Morgan fingerprint density at radius 3 is 2.24 bits per heavy atom. The van der Waals surface area contributed by atoms with E-state index in [1.165, 1.54) is 0 Å².